The van der Waals surface area contributed by atoms with Crippen LogP contribution in [0, 0.1) is 23.7 Å². The molecule has 0 aromatic rings. The van der Waals surface area contributed by atoms with Crippen molar-refractivity contribution in [1.82, 2.24) is 20.0 Å². The lowest BCUT2D eigenvalue weighted by Gasteiger charge is -2.37. The summed E-state index contributed by atoms with van der Waals surface area (Å²) in [5, 5.41) is 2.84. The normalized spacial score (nSPS) is 35.7. The van der Waals surface area contributed by atoms with E-state index in [1.165, 1.54) is 45.2 Å². The highest BCUT2D eigenvalue weighted by Gasteiger charge is 2.59. The van der Waals surface area contributed by atoms with Crippen molar-refractivity contribution >= 4 is 45.6 Å². The van der Waals surface area contributed by atoms with Gasteiger partial charge in [-0.3, -0.25) is 14.4 Å². The van der Waals surface area contributed by atoms with Gasteiger partial charge >= 0.3 is 0 Å². The van der Waals surface area contributed by atoms with E-state index < -0.39 is 0 Å². The second-order valence-electron chi connectivity index (χ2n) is 13.2. The Balaban J connectivity index is 0.000000181. The van der Waals surface area contributed by atoms with Gasteiger partial charge in [-0.1, -0.05) is 19.8 Å². The van der Waals surface area contributed by atoms with Crippen molar-refractivity contribution < 1.29 is 30.1 Å². The maximum absolute atomic E-state index is 12.6. The van der Waals surface area contributed by atoms with Gasteiger partial charge in [0.25, 0.3) is 0 Å². The summed E-state index contributed by atoms with van der Waals surface area (Å²) >= 11 is 5.72. The van der Waals surface area contributed by atoms with Gasteiger partial charge in [0.1, 0.15) is 0 Å². The molecule has 12 heteroatoms. The summed E-state index contributed by atoms with van der Waals surface area (Å²) in [6.45, 7) is 9.25. The number of fused-ring (bicyclic) bond motifs is 7. The molecule has 8 atom stereocenters. The fourth-order valence-corrected chi connectivity index (χ4v) is 8.81. The number of ether oxygens (including phenoxy) is 2. The minimum atomic E-state index is -0.388. The number of carbonyl (C=O) groups is 4. The van der Waals surface area contributed by atoms with Crippen LogP contribution in [0.2, 0.25) is 0 Å². The van der Waals surface area contributed by atoms with Gasteiger partial charge in [-0.2, -0.15) is 0 Å². The second-order valence-corrected chi connectivity index (χ2v) is 14.6. The summed E-state index contributed by atoms with van der Waals surface area (Å²) < 4.78 is 11.3. The molecular weight excluding hydrogens is 601 g/mol. The Labute approximate surface area is 274 Å². The van der Waals surface area contributed by atoms with Crippen LogP contribution in [0.1, 0.15) is 66.1 Å². The summed E-state index contributed by atoms with van der Waals surface area (Å²) in [6.07, 6.45) is 10.5. The molecule has 0 radical (unpaired) electrons. The molecule has 7 heterocycles. The molecule has 0 saturated carbocycles. The summed E-state index contributed by atoms with van der Waals surface area (Å²) in [4.78, 5) is 53.4. The molecular formula is C32H55N4O6S2-. The van der Waals surface area contributed by atoms with Crippen LogP contribution < -0.4 is 5.32 Å². The Morgan fingerprint density at radius 2 is 1.32 bits per heavy atom. The number of piperazine rings is 1. The lowest BCUT2D eigenvalue weighted by molar-refractivity contribution is -0.141. The Hall–Kier alpha value is -1.15. The standard InChI is InChI=1S/C13H20N2O3S.C8H8O3S.C6H13N.C5H13N.H2/c1-14-4-6-15(7-5-14)12(16)10-8-2-3-9(18-8)11(10)13(17)19;9-7-5-3-1-2-4(11-3)6(5)8(10)12-7;1-7-5-3-2-4-6-7;1-3-4-5-6-2;/h8-11H,2-7H2,1H3,(H,17,19);3-6H,1-2H2;2-6H2,1H3;6H,3-5H2,1-2H3;1H/p-1/i;;;;1+1. The highest BCUT2D eigenvalue weighted by molar-refractivity contribution is 8.26. The van der Waals surface area contributed by atoms with Crippen molar-refractivity contribution in [2.24, 2.45) is 23.7 Å². The highest BCUT2D eigenvalue weighted by atomic mass is 32.2. The van der Waals surface area contributed by atoms with Crippen molar-refractivity contribution in [3.63, 3.8) is 0 Å². The molecule has 10 nitrogen and oxygen atoms in total. The largest absolute Gasteiger partial charge is 0.742 e. The van der Waals surface area contributed by atoms with Gasteiger partial charge in [-0.25, -0.2) is 0 Å². The van der Waals surface area contributed by atoms with Crippen molar-refractivity contribution in [3.8, 4) is 0 Å². The molecule has 44 heavy (non-hydrogen) atoms. The van der Waals surface area contributed by atoms with E-state index in [1.54, 1.807) is 0 Å². The first-order valence-corrected chi connectivity index (χ1v) is 18.0. The minimum absolute atomic E-state index is 0. The van der Waals surface area contributed by atoms with E-state index in [1.807, 2.05) is 11.9 Å². The van der Waals surface area contributed by atoms with Crippen LogP contribution in [-0.2, 0) is 41.3 Å². The Morgan fingerprint density at radius 3 is 1.77 bits per heavy atom. The number of thioether (sulfide) groups is 1. The number of piperidine rings is 1. The molecule has 7 saturated heterocycles. The molecule has 4 bridgehead atoms. The van der Waals surface area contributed by atoms with Crippen LogP contribution >= 0.6 is 11.8 Å². The van der Waals surface area contributed by atoms with Gasteiger partial charge in [-0.15, -0.1) is 0 Å². The fraction of sp³-hybridized carbons (Fsp3) is 0.875. The zero-order chi connectivity index (χ0) is 31.8. The first-order chi connectivity index (χ1) is 21.2. The molecule has 7 aliphatic rings. The van der Waals surface area contributed by atoms with Crippen molar-refractivity contribution in [1.29, 1.82) is 0 Å². The maximum Gasteiger partial charge on any atom is 0.229 e. The minimum Gasteiger partial charge on any atom is -0.742 e. The van der Waals surface area contributed by atoms with E-state index >= 15 is 0 Å². The topological polar surface area (TPSA) is 108 Å². The zero-order valence-electron chi connectivity index (χ0n) is 27.0. The third-order valence-corrected chi connectivity index (χ3v) is 11.2. The number of rotatable bonds is 5. The van der Waals surface area contributed by atoms with E-state index in [-0.39, 0.29) is 70.8 Å². The van der Waals surface area contributed by atoms with Gasteiger partial charge in [0.2, 0.25) is 16.1 Å². The van der Waals surface area contributed by atoms with Crippen LogP contribution in [0.4, 0.5) is 0 Å². The molecule has 8 unspecified atom stereocenters. The number of amides is 1. The molecule has 252 valence electrons. The number of carbonyl (C=O) groups excluding carboxylic acids is 4. The van der Waals surface area contributed by atoms with E-state index in [0.717, 1.165) is 70.2 Å². The second kappa shape index (κ2) is 17.1. The van der Waals surface area contributed by atoms with Gasteiger partial charge in [0, 0.05) is 38.6 Å². The number of nitrogens with zero attached hydrogens (tertiary/aromatic N) is 3. The molecule has 0 aliphatic carbocycles. The predicted molar refractivity (Wildman–Crippen MR) is 176 cm³/mol. The summed E-state index contributed by atoms with van der Waals surface area (Å²) in [7, 11) is 6.23. The highest BCUT2D eigenvalue weighted by Crippen LogP contribution is 2.51. The van der Waals surface area contributed by atoms with E-state index in [9.17, 15) is 19.2 Å². The quantitative estimate of drug-likeness (QED) is 0.349. The fourth-order valence-electron chi connectivity index (χ4n) is 7.45. The first kappa shape index (κ1) is 35.7. The van der Waals surface area contributed by atoms with Crippen molar-refractivity contribution in [3.05, 3.63) is 0 Å². The average Bonchev–Trinajstić information content (AvgIpc) is 3.85. The van der Waals surface area contributed by atoms with Gasteiger partial charge < -0.3 is 46.9 Å². The summed E-state index contributed by atoms with van der Waals surface area (Å²) in [5.41, 5.74) is 0. The van der Waals surface area contributed by atoms with Crippen molar-refractivity contribution in [2.75, 3.05) is 67.0 Å². The van der Waals surface area contributed by atoms with Gasteiger partial charge in [-0.05, 0) is 97.5 Å². The summed E-state index contributed by atoms with van der Waals surface area (Å²) in [5.74, 6) is -0.834. The van der Waals surface area contributed by atoms with Crippen LogP contribution in [0.3, 0.4) is 0 Å². The van der Waals surface area contributed by atoms with Crippen LogP contribution in [0.25, 0.3) is 0 Å². The molecule has 1 amide bonds. The monoisotopic (exact) mass is 656 g/mol. The molecule has 7 rings (SSSR count). The van der Waals surface area contributed by atoms with Gasteiger partial charge in [0.05, 0.1) is 42.2 Å². The third kappa shape index (κ3) is 8.80. The number of hydrogen-bond acceptors (Lipinski definition) is 11. The van der Waals surface area contributed by atoms with E-state index in [0.29, 0.717) is 0 Å². The molecule has 0 aromatic heterocycles. The Kier molecular flexibility index (Phi) is 13.9. The number of likely N-dealkylation sites (N-methyl/N-ethyl adjacent to an activating group) is 1. The molecule has 1 N–H and O–H groups in total. The molecule has 0 aromatic carbocycles. The van der Waals surface area contributed by atoms with Gasteiger partial charge in [0.15, 0.2) is 0 Å². The maximum atomic E-state index is 12.6. The molecule has 7 fully saturated rings. The molecule has 0 spiro atoms. The van der Waals surface area contributed by atoms with Crippen LogP contribution in [0.5, 0.6) is 0 Å². The zero-order valence-corrected chi connectivity index (χ0v) is 28.7. The average molecular weight is 657 g/mol. The molecule has 7 aliphatic heterocycles. The first-order valence-electron chi connectivity index (χ1n) is 16.7. The van der Waals surface area contributed by atoms with E-state index in [2.05, 4.69) is 36.1 Å². The van der Waals surface area contributed by atoms with Crippen LogP contribution in [-0.4, -0.2) is 127 Å². The van der Waals surface area contributed by atoms with Crippen molar-refractivity contribution in [2.45, 2.75) is 89.1 Å². The summed E-state index contributed by atoms with van der Waals surface area (Å²) in [6, 6.07) is 0. The van der Waals surface area contributed by atoms with E-state index in [4.69, 9.17) is 22.1 Å². The Morgan fingerprint density at radius 1 is 0.818 bits per heavy atom. The predicted octanol–water partition coefficient (Wildman–Crippen LogP) is 2.56. The lowest BCUT2D eigenvalue weighted by Crippen LogP contribution is -2.52. The SMILES string of the molecule is CCCCNC.CN1CCCCC1.CN1CCN(C(=O)C2C3CCC(O3)C2C(=O)[S-])CC1.O=C1SC(=O)C2C3CCC(O3)C12.[2HH]. The Bertz CT molecular complexity index is 967. The smallest absolute Gasteiger partial charge is 0.229 e. The number of hydrogen-bond donors (Lipinski definition) is 1. The van der Waals surface area contributed by atoms with Crippen LogP contribution in [0.15, 0.2) is 0 Å². The number of nitrogens with one attached hydrogen (secondary N) is 1. The lowest BCUT2D eigenvalue weighted by atomic mass is 9.79. The number of unbranched alkanes of at least 4 members (excludes halogenated alkanes) is 1. The number of likely N-dealkylation sites (tertiary alicyclic amines) is 1. The third-order valence-electron chi connectivity index (χ3n) is 10.0.